The molecule has 0 spiro atoms. The lowest BCUT2D eigenvalue weighted by molar-refractivity contribution is -0.123. The van der Waals surface area contributed by atoms with Crippen molar-refractivity contribution < 1.29 is 23.0 Å². The van der Waals surface area contributed by atoms with Crippen LogP contribution in [0.4, 0.5) is 8.78 Å². The van der Waals surface area contributed by atoms with Crippen molar-refractivity contribution in [1.29, 1.82) is 0 Å². The Morgan fingerprint density at radius 1 is 1.08 bits per heavy atom. The van der Waals surface area contributed by atoms with Gasteiger partial charge in [-0.15, -0.1) is 0 Å². The molecule has 0 aliphatic heterocycles. The molecule has 2 aromatic rings. The second-order valence-electron chi connectivity index (χ2n) is 5.79. The molecule has 0 radical (unpaired) electrons. The smallest absolute Gasteiger partial charge is 0.258 e. The summed E-state index contributed by atoms with van der Waals surface area (Å²) in [5.41, 5.74) is 1.22. The van der Waals surface area contributed by atoms with Gasteiger partial charge in [-0.25, -0.2) is 8.78 Å². The van der Waals surface area contributed by atoms with Gasteiger partial charge in [0.05, 0.1) is 6.54 Å². The van der Waals surface area contributed by atoms with Gasteiger partial charge in [0.25, 0.3) is 5.91 Å². The van der Waals surface area contributed by atoms with Gasteiger partial charge in [0.1, 0.15) is 18.2 Å². The summed E-state index contributed by atoms with van der Waals surface area (Å²) in [7, 11) is 0. The molecule has 0 saturated heterocycles. The molecular weight excluding hydrogens is 328 g/mol. The quantitative estimate of drug-likeness (QED) is 0.740. The Kier molecular flexibility index (Phi) is 6.74. The highest BCUT2D eigenvalue weighted by atomic mass is 19.1. The first-order valence-electron chi connectivity index (χ1n) is 8.03. The van der Waals surface area contributed by atoms with E-state index >= 15 is 0 Å². The van der Waals surface area contributed by atoms with Crippen molar-refractivity contribution in [1.82, 2.24) is 5.32 Å². The number of hydrogen-bond acceptors (Lipinski definition) is 3. The maximum absolute atomic E-state index is 13.3. The van der Waals surface area contributed by atoms with Crippen molar-refractivity contribution in [3.63, 3.8) is 0 Å². The third-order valence-electron chi connectivity index (χ3n) is 3.49. The summed E-state index contributed by atoms with van der Waals surface area (Å²) in [6, 6.07) is 10.6. The van der Waals surface area contributed by atoms with Crippen molar-refractivity contribution in [2.24, 2.45) is 0 Å². The number of amides is 1. The van der Waals surface area contributed by atoms with Gasteiger partial charge < -0.3 is 14.8 Å². The van der Waals surface area contributed by atoms with Gasteiger partial charge in [-0.3, -0.25) is 4.79 Å². The normalized spacial score (nSPS) is 10.6. The summed E-state index contributed by atoms with van der Waals surface area (Å²) < 4.78 is 36.8. The molecule has 0 atom stereocenters. The van der Waals surface area contributed by atoms with Crippen LogP contribution in [0.5, 0.6) is 11.5 Å². The van der Waals surface area contributed by atoms with Crippen LogP contribution >= 0.6 is 0 Å². The largest absolute Gasteiger partial charge is 0.492 e. The number of carbonyl (C=O) groups excluding carboxylic acids is 1. The minimum Gasteiger partial charge on any atom is -0.492 e. The second-order valence-corrected chi connectivity index (χ2v) is 5.79. The fraction of sp³-hybridized carbons (Fsp3) is 0.316. The van der Waals surface area contributed by atoms with E-state index in [0.717, 1.165) is 23.9 Å². The zero-order valence-electron chi connectivity index (χ0n) is 14.2. The molecule has 2 aromatic carbocycles. The Morgan fingerprint density at radius 2 is 1.80 bits per heavy atom. The average Bonchev–Trinajstić information content (AvgIpc) is 2.60. The molecule has 0 aliphatic carbocycles. The lowest BCUT2D eigenvalue weighted by Gasteiger charge is -2.10. The van der Waals surface area contributed by atoms with Crippen LogP contribution in [0.25, 0.3) is 0 Å². The van der Waals surface area contributed by atoms with Crippen LogP contribution in [0.15, 0.2) is 42.5 Å². The maximum Gasteiger partial charge on any atom is 0.258 e. The lowest BCUT2D eigenvalue weighted by atomic mass is 10.0. The van der Waals surface area contributed by atoms with Crippen molar-refractivity contribution in [3.8, 4) is 11.5 Å². The number of rotatable bonds is 8. The fourth-order valence-corrected chi connectivity index (χ4v) is 2.09. The molecule has 0 saturated carbocycles. The predicted molar refractivity (Wildman–Crippen MR) is 90.9 cm³/mol. The number of hydrogen-bond donors (Lipinski definition) is 1. The molecule has 2 rings (SSSR count). The minimum atomic E-state index is -0.720. The van der Waals surface area contributed by atoms with E-state index in [1.165, 1.54) is 5.56 Å². The van der Waals surface area contributed by atoms with Crippen LogP contribution in [0.2, 0.25) is 0 Å². The van der Waals surface area contributed by atoms with E-state index in [-0.39, 0.29) is 12.3 Å². The Bertz CT molecular complexity index is 702. The van der Waals surface area contributed by atoms with Gasteiger partial charge in [0.2, 0.25) is 0 Å². The number of carbonyl (C=O) groups is 1. The van der Waals surface area contributed by atoms with Crippen LogP contribution in [0, 0.1) is 11.6 Å². The van der Waals surface area contributed by atoms with Crippen molar-refractivity contribution in [2.45, 2.75) is 19.8 Å². The average molecular weight is 349 g/mol. The number of benzene rings is 2. The molecular formula is C19H21F2NO3. The Labute approximate surface area is 145 Å². The van der Waals surface area contributed by atoms with Crippen LogP contribution in [0.3, 0.4) is 0 Å². The summed E-state index contributed by atoms with van der Waals surface area (Å²) in [6.07, 6.45) is 0. The Morgan fingerprint density at radius 3 is 2.48 bits per heavy atom. The molecule has 0 unspecified atom stereocenters. The topological polar surface area (TPSA) is 47.6 Å². The molecule has 0 bridgehead atoms. The molecule has 0 fully saturated rings. The van der Waals surface area contributed by atoms with E-state index in [1.807, 2.05) is 24.3 Å². The van der Waals surface area contributed by atoms with Crippen LogP contribution < -0.4 is 14.8 Å². The third kappa shape index (κ3) is 6.06. The molecule has 0 aliphatic rings. The van der Waals surface area contributed by atoms with E-state index < -0.39 is 24.1 Å². The van der Waals surface area contributed by atoms with Crippen molar-refractivity contribution >= 4 is 5.91 Å². The summed E-state index contributed by atoms with van der Waals surface area (Å²) >= 11 is 0. The Balaban J connectivity index is 1.67. The summed E-state index contributed by atoms with van der Waals surface area (Å²) in [5.74, 6) is -0.914. The lowest BCUT2D eigenvalue weighted by Crippen LogP contribution is -2.32. The molecule has 1 amide bonds. The van der Waals surface area contributed by atoms with Crippen LogP contribution in [-0.2, 0) is 4.79 Å². The maximum atomic E-state index is 13.3. The third-order valence-corrected chi connectivity index (χ3v) is 3.49. The molecule has 1 N–H and O–H groups in total. The highest BCUT2D eigenvalue weighted by molar-refractivity contribution is 5.77. The first-order chi connectivity index (χ1) is 12.0. The van der Waals surface area contributed by atoms with Crippen molar-refractivity contribution in [2.75, 3.05) is 19.8 Å². The van der Waals surface area contributed by atoms with E-state index in [4.69, 9.17) is 9.47 Å². The number of ether oxygens (including phenoxy) is 2. The van der Waals surface area contributed by atoms with E-state index in [1.54, 1.807) is 0 Å². The van der Waals surface area contributed by atoms with Gasteiger partial charge >= 0.3 is 0 Å². The highest BCUT2D eigenvalue weighted by Crippen LogP contribution is 2.19. The zero-order chi connectivity index (χ0) is 18.2. The van der Waals surface area contributed by atoms with Gasteiger partial charge in [0, 0.05) is 6.07 Å². The zero-order valence-corrected chi connectivity index (χ0v) is 14.2. The van der Waals surface area contributed by atoms with Gasteiger partial charge in [-0.2, -0.15) is 0 Å². The monoisotopic (exact) mass is 349 g/mol. The molecule has 25 heavy (non-hydrogen) atoms. The molecule has 0 aromatic heterocycles. The summed E-state index contributed by atoms with van der Waals surface area (Å²) in [6.45, 7) is 4.40. The van der Waals surface area contributed by atoms with E-state index in [0.29, 0.717) is 12.5 Å². The Hall–Kier alpha value is -2.63. The van der Waals surface area contributed by atoms with Gasteiger partial charge in [0.15, 0.2) is 18.2 Å². The highest BCUT2D eigenvalue weighted by Gasteiger charge is 2.08. The van der Waals surface area contributed by atoms with Crippen LogP contribution in [-0.4, -0.2) is 25.7 Å². The summed E-state index contributed by atoms with van der Waals surface area (Å²) in [5, 5.41) is 2.58. The first kappa shape index (κ1) is 18.7. The first-order valence-corrected chi connectivity index (χ1v) is 8.03. The van der Waals surface area contributed by atoms with E-state index in [2.05, 4.69) is 19.2 Å². The SMILES string of the molecule is CC(C)c1ccc(OCCNC(=O)COc2cc(F)ccc2F)cc1. The molecule has 6 heteroatoms. The van der Waals surface area contributed by atoms with Crippen LogP contribution in [0.1, 0.15) is 25.3 Å². The predicted octanol–water partition coefficient (Wildman–Crippen LogP) is 3.66. The molecule has 0 heterocycles. The van der Waals surface area contributed by atoms with Gasteiger partial charge in [-0.05, 0) is 35.7 Å². The van der Waals surface area contributed by atoms with E-state index in [9.17, 15) is 13.6 Å². The molecule has 4 nitrogen and oxygen atoms in total. The number of halogens is 2. The van der Waals surface area contributed by atoms with Crippen molar-refractivity contribution in [3.05, 3.63) is 59.7 Å². The molecule has 134 valence electrons. The summed E-state index contributed by atoms with van der Waals surface area (Å²) in [4.78, 5) is 11.6. The minimum absolute atomic E-state index is 0.278. The standard InChI is InChI=1S/C19H21F2NO3/c1-13(2)14-3-6-16(7-4-14)24-10-9-22-19(23)12-25-18-11-15(20)5-8-17(18)21/h3-8,11,13H,9-10,12H2,1-2H3,(H,22,23). The second kappa shape index (κ2) is 9.01. The van der Waals surface area contributed by atoms with Gasteiger partial charge in [-0.1, -0.05) is 26.0 Å². The number of nitrogens with one attached hydrogen (secondary N) is 1. The fourth-order valence-electron chi connectivity index (χ4n) is 2.09.